The molecule has 132 valence electrons. The van der Waals surface area contributed by atoms with Gasteiger partial charge in [-0.1, -0.05) is 47.0 Å². The summed E-state index contributed by atoms with van der Waals surface area (Å²) in [6.07, 6.45) is 0. The van der Waals surface area contributed by atoms with E-state index in [9.17, 15) is 0 Å². The van der Waals surface area contributed by atoms with Crippen LogP contribution in [0.25, 0.3) is 0 Å². The van der Waals surface area contributed by atoms with Gasteiger partial charge in [0.2, 0.25) is 0 Å². The van der Waals surface area contributed by atoms with Crippen LogP contribution in [-0.4, -0.2) is 23.0 Å². The first kappa shape index (κ1) is 22.3. The fourth-order valence-corrected chi connectivity index (χ4v) is 12.1. The zero-order valence-corrected chi connectivity index (χ0v) is 19.4. The second kappa shape index (κ2) is 12.4. The Labute approximate surface area is 186 Å². The van der Waals surface area contributed by atoms with Crippen molar-refractivity contribution in [3.8, 4) is 24.3 Å². The summed E-state index contributed by atoms with van der Waals surface area (Å²) in [5.74, 6) is 1.53. The number of nitriles is 4. The molecule has 2 heterocycles. The summed E-state index contributed by atoms with van der Waals surface area (Å²) < 4.78 is 6.58. The quantitative estimate of drug-likeness (QED) is 0.380. The number of hydrogen-bond donors (Lipinski definition) is 0. The minimum absolute atomic E-state index is 0.382. The van der Waals surface area contributed by atoms with Gasteiger partial charge in [-0.2, -0.15) is 21.0 Å². The maximum atomic E-state index is 8.85. The van der Waals surface area contributed by atoms with Gasteiger partial charge in [0.05, 0.1) is 72.7 Å². The molecule has 0 spiro atoms. The van der Waals surface area contributed by atoms with Crippen LogP contribution < -0.4 is 0 Å². The summed E-state index contributed by atoms with van der Waals surface area (Å²) >= 11 is 12.6. The lowest BCUT2D eigenvalue weighted by atomic mass is 10.9. The highest BCUT2D eigenvalue weighted by Crippen LogP contribution is 2.65. The molecule has 0 aromatic heterocycles. The van der Waals surface area contributed by atoms with Gasteiger partial charge in [0.1, 0.15) is 0 Å². The normalized spacial score (nSPS) is 16.5. The third-order valence-electron chi connectivity index (χ3n) is 2.31. The van der Waals surface area contributed by atoms with Crippen LogP contribution in [0.4, 0.5) is 0 Å². The van der Waals surface area contributed by atoms with Gasteiger partial charge in [-0.25, -0.2) is 0 Å². The molecule has 0 fully saturated rings. The fourth-order valence-electron chi connectivity index (χ4n) is 1.46. The molecular weight excluding hydrogens is 481 g/mol. The van der Waals surface area contributed by atoms with E-state index in [0.717, 1.165) is 25.4 Å². The molecule has 0 bridgehead atoms. The Morgan fingerprint density at radius 1 is 0.500 bits per heavy atom. The van der Waals surface area contributed by atoms with Crippen LogP contribution >= 0.6 is 94.1 Å². The Bertz CT molecular complexity index is 686. The summed E-state index contributed by atoms with van der Waals surface area (Å²) in [6.45, 7) is 0. The van der Waals surface area contributed by atoms with Crippen LogP contribution in [0.5, 0.6) is 0 Å². The van der Waals surface area contributed by atoms with Crippen molar-refractivity contribution in [3.63, 3.8) is 0 Å². The Kier molecular flexibility index (Phi) is 10.7. The second-order valence-corrected chi connectivity index (χ2v) is 13.5. The summed E-state index contributed by atoms with van der Waals surface area (Å²) in [4.78, 5) is 0. The van der Waals surface area contributed by atoms with Crippen LogP contribution in [0.15, 0.2) is 25.4 Å². The summed E-state index contributed by atoms with van der Waals surface area (Å²) in [6, 6.07) is 8.58. The molecule has 2 rings (SSSR count). The first-order valence-electron chi connectivity index (χ1n) is 6.66. The smallest absolute Gasteiger partial charge is 0.0861 e. The van der Waals surface area contributed by atoms with Crippen LogP contribution in [0.1, 0.15) is 0 Å². The molecule has 2 aliphatic rings. The largest absolute Gasteiger partial charge is 0.197 e. The Morgan fingerprint density at radius 2 is 0.731 bits per heavy atom. The first-order valence-corrected chi connectivity index (χ1v) is 13.9. The highest BCUT2D eigenvalue weighted by Gasteiger charge is 2.30. The maximum absolute atomic E-state index is 8.85. The number of nitrogens with zero attached hydrogens (tertiary/aromatic N) is 4. The summed E-state index contributed by atoms with van der Waals surface area (Å²) in [7, 11) is 0. The Hall–Kier alpha value is -0.0200. The maximum Gasteiger partial charge on any atom is 0.0861 e. The molecule has 0 amide bonds. The van der Waals surface area contributed by atoms with E-state index in [-0.39, 0.29) is 0 Å². The predicted octanol–water partition coefficient (Wildman–Crippen LogP) is 6.35. The molecule has 12 heteroatoms. The molecule has 26 heavy (non-hydrogen) atoms. The molecule has 0 N–H and O–H groups in total. The van der Waals surface area contributed by atoms with Crippen molar-refractivity contribution in [2.24, 2.45) is 0 Å². The van der Waals surface area contributed by atoms with Crippen molar-refractivity contribution in [3.05, 3.63) is 25.4 Å². The minimum Gasteiger partial charge on any atom is -0.197 e. The van der Waals surface area contributed by atoms with E-state index >= 15 is 0 Å². The molecule has 0 saturated carbocycles. The molecule has 0 aromatic carbocycles. The lowest BCUT2D eigenvalue weighted by Gasteiger charge is -2.02. The Balaban J connectivity index is 2.14. The number of rotatable bonds is 8. The lowest BCUT2D eigenvalue weighted by Crippen LogP contribution is -1.75. The van der Waals surface area contributed by atoms with E-state index in [2.05, 4.69) is 24.3 Å². The van der Waals surface area contributed by atoms with Gasteiger partial charge < -0.3 is 0 Å². The van der Waals surface area contributed by atoms with Gasteiger partial charge in [0, 0.05) is 0 Å². The van der Waals surface area contributed by atoms with Gasteiger partial charge in [-0.05, 0) is 0 Å². The van der Waals surface area contributed by atoms with E-state index in [1.165, 1.54) is 47.0 Å². The van der Waals surface area contributed by atoms with E-state index in [4.69, 9.17) is 21.0 Å². The molecule has 0 saturated heterocycles. The SMILES string of the molecule is N#CCSC1=C(SCC#N)SC(=C2SC(SCC#N)=C(SCC#N)S2)S1. The summed E-state index contributed by atoms with van der Waals surface area (Å²) in [5.41, 5.74) is 0. The molecule has 0 radical (unpaired) electrons. The molecule has 0 aromatic rings. The molecule has 0 aliphatic carbocycles. The van der Waals surface area contributed by atoms with Crippen molar-refractivity contribution in [1.29, 1.82) is 21.0 Å². The zero-order chi connectivity index (χ0) is 18.8. The van der Waals surface area contributed by atoms with E-state index < -0.39 is 0 Å². The van der Waals surface area contributed by atoms with Crippen LogP contribution in [-0.2, 0) is 0 Å². The third-order valence-corrected chi connectivity index (χ3v) is 13.4. The summed E-state index contributed by atoms with van der Waals surface area (Å²) in [5, 5.41) is 35.4. The van der Waals surface area contributed by atoms with Crippen LogP contribution in [0.2, 0.25) is 0 Å². The topological polar surface area (TPSA) is 95.2 Å². The van der Waals surface area contributed by atoms with Crippen molar-refractivity contribution >= 4 is 94.1 Å². The highest BCUT2D eigenvalue weighted by molar-refractivity contribution is 8.45. The lowest BCUT2D eigenvalue weighted by molar-refractivity contribution is 1.50. The Morgan fingerprint density at radius 3 is 0.923 bits per heavy atom. The van der Waals surface area contributed by atoms with E-state index in [0.29, 0.717) is 23.0 Å². The van der Waals surface area contributed by atoms with Gasteiger partial charge in [0.15, 0.2) is 0 Å². The molecular formula is C14H8N4S8. The standard InChI is InChI=1S/C14H8N4S8/c15-1-5-19-9-10(20-6-2-16)24-13(23-9)14-25-11(21-7-3-17)12(26-14)22-8-4-18/h5-8H2. The van der Waals surface area contributed by atoms with Gasteiger partial charge in [0.25, 0.3) is 0 Å². The molecule has 4 nitrogen and oxygen atoms in total. The van der Waals surface area contributed by atoms with Crippen molar-refractivity contribution < 1.29 is 0 Å². The third kappa shape index (κ3) is 6.55. The first-order chi connectivity index (χ1) is 12.7. The molecule has 2 aliphatic heterocycles. The molecule has 0 unspecified atom stereocenters. The fraction of sp³-hybridized carbons (Fsp3) is 0.286. The van der Waals surface area contributed by atoms with Gasteiger partial charge in [-0.15, -0.1) is 47.0 Å². The highest BCUT2D eigenvalue weighted by atomic mass is 32.3. The monoisotopic (exact) mass is 488 g/mol. The van der Waals surface area contributed by atoms with Crippen LogP contribution in [0, 0.1) is 45.3 Å². The van der Waals surface area contributed by atoms with Crippen molar-refractivity contribution in [2.45, 2.75) is 0 Å². The van der Waals surface area contributed by atoms with E-state index in [1.54, 1.807) is 47.0 Å². The van der Waals surface area contributed by atoms with Crippen LogP contribution in [0.3, 0.4) is 0 Å². The second-order valence-electron chi connectivity index (χ2n) is 3.92. The average Bonchev–Trinajstić information content (AvgIpc) is 3.25. The van der Waals surface area contributed by atoms with Crippen molar-refractivity contribution in [2.75, 3.05) is 23.0 Å². The van der Waals surface area contributed by atoms with Gasteiger partial charge in [-0.3, -0.25) is 0 Å². The number of hydrogen-bond acceptors (Lipinski definition) is 12. The predicted molar refractivity (Wildman–Crippen MR) is 124 cm³/mol. The number of thioether (sulfide) groups is 8. The average molecular weight is 489 g/mol. The van der Waals surface area contributed by atoms with Gasteiger partial charge >= 0.3 is 0 Å². The zero-order valence-electron chi connectivity index (χ0n) is 12.9. The van der Waals surface area contributed by atoms with Crippen molar-refractivity contribution in [1.82, 2.24) is 0 Å². The molecule has 0 atom stereocenters. The van der Waals surface area contributed by atoms with E-state index in [1.807, 2.05) is 0 Å². The minimum atomic E-state index is 0.382.